The van der Waals surface area contributed by atoms with Crippen LogP contribution in [0.3, 0.4) is 0 Å². The monoisotopic (exact) mass is 472 g/mol. The first-order valence-corrected chi connectivity index (χ1v) is 12.1. The summed E-state index contributed by atoms with van der Waals surface area (Å²) in [5, 5.41) is 14.8. The number of morpholine rings is 1. The Bertz CT molecular complexity index is 1120. The largest absolute Gasteiger partial charge is 0.492 e. The summed E-state index contributed by atoms with van der Waals surface area (Å²) in [4.78, 5) is 12.6. The number of benzene rings is 2. The smallest absolute Gasteiger partial charge is 0.243 e. The van der Waals surface area contributed by atoms with E-state index >= 15 is 0 Å². The van der Waals surface area contributed by atoms with Crippen molar-refractivity contribution in [1.29, 1.82) is 5.26 Å². The number of carbonyl (C=O) groups is 1. The molecule has 2 aromatic rings. The summed E-state index contributed by atoms with van der Waals surface area (Å²) < 4.78 is 38.5. The number of carbonyl (C=O) groups excluding carboxylic acids is 1. The second-order valence-electron chi connectivity index (χ2n) is 7.76. The summed E-state index contributed by atoms with van der Waals surface area (Å²) in [6, 6.07) is 13.1. The molecule has 33 heavy (non-hydrogen) atoms. The molecule has 1 amide bonds. The van der Waals surface area contributed by atoms with Gasteiger partial charge in [0.1, 0.15) is 5.75 Å². The van der Waals surface area contributed by atoms with Crippen molar-refractivity contribution in [3.05, 3.63) is 48.0 Å². The molecule has 0 aromatic heterocycles. The predicted molar refractivity (Wildman–Crippen MR) is 125 cm³/mol. The Morgan fingerprint density at radius 2 is 1.85 bits per heavy atom. The van der Waals surface area contributed by atoms with Crippen molar-refractivity contribution in [2.24, 2.45) is 0 Å². The van der Waals surface area contributed by atoms with E-state index in [1.54, 1.807) is 30.3 Å². The van der Waals surface area contributed by atoms with Crippen LogP contribution in [0.5, 0.6) is 5.75 Å². The van der Waals surface area contributed by atoms with Gasteiger partial charge in [-0.3, -0.25) is 4.79 Å². The Balaban J connectivity index is 1.62. The third-order valence-electron chi connectivity index (χ3n) is 5.01. The minimum atomic E-state index is -3.65. The van der Waals surface area contributed by atoms with Crippen molar-refractivity contribution in [1.82, 2.24) is 4.31 Å². The second kappa shape index (κ2) is 10.7. The van der Waals surface area contributed by atoms with E-state index in [0.717, 1.165) is 0 Å². The Morgan fingerprint density at radius 3 is 2.45 bits per heavy atom. The van der Waals surface area contributed by atoms with E-state index in [-0.39, 0.29) is 29.6 Å². The van der Waals surface area contributed by atoms with Crippen LogP contribution in [0, 0.1) is 11.3 Å². The number of hydrogen-bond donors (Lipinski definition) is 2. The van der Waals surface area contributed by atoms with E-state index in [1.165, 1.54) is 16.4 Å². The fraction of sp³-hybridized carbons (Fsp3) is 0.391. The van der Waals surface area contributed by atoms with E-state index in [0.29, 0.717) is 42.4 Å². The van der Waals surface area contributed by atoms with E-state index in [2.05, 4.69) is 16.7 Å². The molecule has 0 aliphatic carbocycles. The molecule has 0 saturated carbocycles. The third kappa shape index (κ3) is 6.22. The van der Waals surface area contributed by atoms with Gasteiger partial charge in [-0.1, -0.05) is 0 Å². The van der Waals surface area contributed by atoms with Gasteiger partial charge < -0.3 is 20.1 Å². The van der Waals surface area contributed by atoms with Crippen LogP contribution in [-0.2, 0) is 19.6 Å². The number of sulfonamides is 1. The number of hydrogen-bond acceptors (Lipinski definition) is 7. The van der Waals surface area contributed by atoms with E-state index < -0.39 is 10.0 Å². The Kier molecular flexibility index (Phi) is 7.92. The molecule has 1 aliphatic rings. The van der Waals surface area contributed by atoms with Gasteiger partial charge in [0.25, 0.3) is 0 Å². The highest BCUT2D eigenvalue weighted by atomic mass is 32.2. The van der Waals surface area contributed by atoms with Crippen LogP contribution in [0.1, 0.15) is 26.3 Å². The van der Waals surface area contributed by atoms with Crippen molar-refractivity contribution in [2.45, 2.75) is 37.9 Å². The van der Waals surface area contributed by atoms with Gasteiger partial charge in [0.15, 0.2) is 0 Å². The maximum absolute atomic E-state index is 12.9. The summed E-state index contributed by atoms with van der Waals surface area (Å²) >= 11 is 0. The lowest BCUT2D eigenvalue weighted by atomic mass is 10.2. The van der Waals surface area contributed by atoms with Crippen LogP contribution in [0.25, 0.3) is 0 Å². The zero-order valence-electron chi connectivity index (χ0n) is 18.9. The van der Waals surface area contributed by atoms with Crippen molar-refractivity contribution < 1.29 is 22.7 Å². The number of amides is 1. The average Bonchev–Trinajstić information content (AvgIpc) is 2.78. The highest BCUT2D eigenvalue weighted by Crippen LogP contribution is 2.26. The molecule has 1 aliphatic heterocycles. The van der Waals surface area contributed by atoms with E-state index in [4.69, 9.17) is 14.7 Å². The normalized spacial score (nSPS) is 18.8. The number of anilines is 2. The summed E-state index contributed by atoms with van der Waals surface area (Å²) in [7, 11) is -3.65. The fourth-order valence-corrected chi connectivity index (χ4v) is 5.18. The first-order chi connectivity index (χ1) is 15.7. The molecule has 2 aromatic carbocycles. The van der Waals surface area contributed by atoms with E-state index in [9.17, 15) is 13.2 Å². The first kappa shape index (κ1) is 24.5. The molecule has 2 unspecified atom stereocenters. The van der Waals surface area contributed by atoms with Crippen LogP contribution in [0.2, 0.25) is 0 Å². The van der Waals surface area contributed by atoms with Crippen molar-refractivity contribution in [2.75, 3.05) is 36.9 Å². The zero-order valence-corrected chi connectivity index (χ0v) is 19.7. The minimum absolute atomic E-state index is 0.0570. The molecule has 2 atom stereocenters. The third-order valence-corrected chi connectivity index (χ3v) is 6.86. The second-order valence-corrected chi connectivity index (χ2v) is 9.70. The van der Waals surface area contributed by atoms with Gasteiger partial charge in [-0.15, -0.1) is 0 Å². The van der Waals surface area contributed by atoms with E-state index in [1.807, 2.05) is 20.8 Å². The molecule has 0 bridgehead atoms. The Labute approximate surface area is 194 Å². The Morgan fingerprint density at radius 1 is 1.18 bits per heavy atom. The summed E-state index contributed by atoms with van der Waals surface area (Å²) in [5.41, 5.74) is 1.46. The lowest BCUT2D eigenvalue weighted by Gasteiger charge is -2.34. The van der Waals surface area contributed by atoms with Gasteiger partial charge in [0.05, 0.1) is 47.6 Å². The molecule has 1 fully saturated rings. The lowest BCUT2D eigenvalue weighted by molar-refractivity contribution is -0.114. The number of rotatable bonds is 8. The minimum Gasteiger partial charge on any atom is -0.492 e. The fourth-order valence-electron chi connectivity index (χ4n) is 3.59. The molecule has 0 radical (unpaired) electrons. The SMILES string of the molecule is CCOc1ccc(C#N)cc1NCC(=O)Nc1ccc(S(=O)(=O)N2CC(C)OC(C)C2)cc1. The molecule has 3 rings (SSSR count). The standard InChI is InChI=1S/C23H28N4O5S/c1-4-31-22-10-5-18(12-24)11-21(22)25-13-23(28)26-19-6-8-20(9-7-19)33(29,30)27-14-16(2)32-17(3)15-27/h5-11,16-17,25H,4,13-15H2,1-3H3,(H,26,28). The molecular weight excluding hydrogens is 444 g/mol. The maximum atomic E-state index is 12.9. The summed E-state index contributed by atoms with van der Waals surface area (Å²) in [6.45, 7) is 6.53. The van der Waals surface area contributed by atoms with Crippen LogP contribution >= 0.6 is 0 Å². The van der Waals surface area contributed by atoms with Crippen LogP contribution in [-0.4, -0.2) is 57.1 Å². The van der Waals surface area contributed by atoms with Crippen molar-refractivity contribution in [3.8, 4) is 11.8 Å². The Hall–Kier alpha value is -3.13. The molecule has 176 valence electrons. The number of nitrogens with one attached hydrogen (secondary N) is 2. The van der Waals surface area contributed by atoms with Gasteiger partial charge in [0, 0.05) is 18.8 Å². The topological polar surface area (TPSA) is 121 Å². The van der Waals surface area contributed by atoms with Crippen molar-refractivity contribution >= 4 is 27.3 Å². The number of nitrogens with zero attached hydrogens (tertiary/aromatic N) is 2. The van der Waals surface area contributed by atoms with Crippen LogP contribution in [0.15, 0.2) is 47.4 Å². The highest BCUT2D eigenvalue weighted by Gasteiger charge is 2.32. The molecule has 10 heteroatoms. The van der Waals surface area contributed by atoms with Crippen LogP contribution in [0.4, 0.5) is 11.4 Å². The van der Waals surface area contributed by atoms with Gasteiger partial charge in [-0.05, 0) is 63.2 Å². The molecule has 1 heterocycles. The zero-order chi connectivity index (χ0) is 24.0. The summed E-state index contributed by atoms with van der Waals surface area (Å²) in [5.74, 6) is 0.219. The number of ether oxygens (including phenoxy) is 2. The lowest BCUT2D eigenvalue weighted by Crippen LogP contribution is -2.48. The van der Waals surface area contributed by atoms with Gasteiger partial charge in [0.2, 0.25) is 15.9 Å². The number of nitriles is 1. The van der Waals surface area contributed by atoms with Crippen LogP contribution < -0.4 is 15.4 Å². The van der Waals surface area contributed by atoms with Crippen molar-refractivity contribution in [3.63, 3.8) is 0 Å². The van der Waals surface area contributed by atoms with Gasteiger partial charge in [-0.2, -0.15) is 9.57 Å². The molecule has 9 nitrogen and oxygen atoms in total. The molecule has 1 saturated heterocycles. The first-order valence-electron chi connectivity index (χ1n) is 10.7. The van der Waals surface area contributed by atoms with Gasteiger partial charge >= 0.3 is 0 Å². The summed E-state index contributed by atoms with van der Waals surface area (Å²) in [6.07, 6.45) is -0.349. The molecule has 2 N–H and O–H groups in total. The average molecular weight is 473 g/mol. The predicted octanol–water partition coefficient (Wildman–Crippen LogP) is 2.81. The highest BCUT2D eigenvalue weighted by molar-refractivity contribution is 7.89. The molecular formula is C23H28N4O5S. The quantitative estimate of drug-likeness (QED) is 0.606. The molecule has 0 spiro atoms. The van der Waals surface area contributed by atoms with Gasteiger partial charge in [-0.25, -0.2) is 8.42 Å². The maximum Gasteiger partial charge on any atom is 0.243 e.